The number of anilines is 2. The normalized spacial score (nSPS) is 27.4. The zero-order valence-electron chi connectivity index (χ0n) is 12.9. The van der Waals surface area contributed by atoms with Crippen LogP contribution in [0.25, 0.3) is 0 Å². The molecule has 2 saturated heterocycles. The van der Waals surface area contributed by atoms with Crippen LogP contribution >= 0.6 is 0 Å². The molecule has 2 heterocycles. The molecule has 1 amide bonds. The monoisotopic (exact) mass is 287 g/mol. The van der Waals surface area contributed by atoms with Gasteiger partial charge in [0, 0.05) is 32.6 Å². The van der Waals surface area contributed by atoms with Crippen LogP contribution < -0.4 is 15.5 Å². The number of benzene rings is 1. The molecule has 2 bridgehead atoms. The van der Waals surface area contributed by atoms with E-state index in [0.717, 1.165) is 24.2 Å². The van der Waals surface area contributed by atoms with E-state index in [1.165, 1.54) is 12.8 Å². The summed E-state index contributed by atoms with van der Waals surface area (Å²) in [6.07, 6.45) is 5.52. The summed E-state index contributed by atoms with van der Waals surface area (Å²) in [7, 11) is 3.99. The van der Waals surface area contributed by atoms with Gasteiger partial charge in [-0.15, -0.1) is 0 Å². The van der Waals surface area contributed by atoms with E-state index >= 15 is 0 Å². The van der Waals surface area contributed by atoms with Gasteiger partial charge < -0.3 is 15.5 Å². The highest BCUT2D eigenvalue weighted by Crippen LogP contribution is 2.33. The van der Waals surface area contributed by atoms with Gasteiger partial charge in [0.1, 0.15) is 0 Å². The van der Waals surface area contributed by atoms with Crippen molar-refractivity contribution in [2.45, 2.75) is 44.2 Å². The number of rotatable bonds is 4. The molecule has 1 aromatic carbocycles. The number of carbonyl (C=O) groups is 1. The molecule has 4 nitrogen and oxygen atoms in total. The molecule has 21 heavy (non-hydrogen) atoms. The average molecular weight is 287 g/mol. The highest BCUT2D eigenvalue weighted by atomic mass is 16.1. The minimum Gasteiger partial charge on any atom is -0.376 e. The largest absolute Gasteiger partial charge is 0.376 e. The molecule has 3 rings (SSSR count). The Morgan fingerprint density at radius 1 is 1.24 bits per heavy atom. The number of fused-ring (bicyclic) bond motifs is 2. The molecule has 2 atom stereocenters. The van der Waals surface area contributed by atoms with Crippen LogP contribution in [0.3, 0.4) is 0 Å². The molecule has 4 heteroatoms. The van der Waals surface area contributed by atoms with Crippen LogP contribution in [0.15, 0.2) is 24.3 Å². The van der Waals surface area contributed by atoms with E-state index in [-0.39, 0.29) is 5.91 Å². The summed E-state index contributed by atoms with van der Waals surface area (Å²) in [6, 6.07) is 9.26. The number of hydrogen-bond donors (Lipinski definition) is 2. The fraction of sp³-hybridized carbons (Fsp3) is 0.588. The molecule has 2 N–H and O–H groups in total. The van der Waals surface area contributed by atoms with Crippen LogP contribution in [0.2, 0.25) is 0 Å². The smallest absolute Gasteiger partial charge is 0.224 e. The summed E-state index contributed by atoms with van der Waals surface area (Å²) in [5.41, 5.74) is 1.96. The second-order valence-corrected chi connectivity index (χ2v) is 6.64. The predicted octanol–water partition coefficient (Wildman–Crippen LogP) is 2.61. The Kier molecular flexibility index (Phi) is 4.15. The van der Waals surface area contributed by atoms with Gasteiger partial charge in [0.05, 0.1) is 11.4 Å². The van der Waals surface area contributed by atoms with Crippen LogP contribution in [0, 0.1) is 5.92 Å². The summed E-state index contributed by atoms with van der Waals surface area (Å²) in [4.78, 5) is 14.4. The molecular formula is C17H25N3O. The molecule has 0 aliphatic carbocycles. The minimum atomic E-state index is 0.149. The maximum atomic E-state index is 12.3. The Bertz CT molecular complexity index is 503. The molecule has 0 aromatic heterocycles. The quantitative estimate of drug-likeness (QED) is 0.894. The topological polar surface area (TPSA) is 44.4 Å². The molecular weight excluding hydrogens is 262 g/mol. The number of nitrogens with zero attached hydrogens (tertiary/aromatic N) is 1. The lowest BCUT2D eigenvalue weighted by Gasteiger charge is -2.28. The molecule has 114 valence electrons. The van der Waals surface area contributed by atoms with Crippen molar-refractivity contribution in [1.29, 1.82) is 0 Å². The Labute approximate surface area is 126 Å². The third-order valence-electron chi connectivity index (χ3n) is 4.70. The second-order valence-electron chi connectivity index (χ2n) is 6.64. The number of nitrogens with one attached hydrogen (secondary N) is 2. The maximum absolute atomic E-state index is 12.3. The van der Waals surface area contributed by atoms with Gasteiger partial charge in [-0.25, -0.2) is 0 Å². The van der Waals surface area contributed by atoms with Crippen molar-refractivity contribution < 1.29 is 4.79 Å². The lowest BCUT2D eigenvalue weighted by Crippen LogP contribution is -2.39. The van der Waals surface area contributed by atoms with Crippen molar-refractivity contribution in [3.05, 3.63) is 24.3 Å². The SMILES string of the molecule is CN(C)c1ccccc1NC(=O)CC1CC2CCC(C1)N2. The number of amides is 1. The highest BCUT2D eigenvalue weighted by molar-refractivity contribution is 5.94. The van der Waals surface area contributed by atoms with Crippen molar-refractivity contribution in [1.82, 2.24) is 5.32 Å². The van der Waals surface area contributed by atoms with Crippen LogP contribution in [0.4, 0.5) is 11.4 Å². The first kappa shape index (κ1) is 14.4. The van der Waals surface area contributed by atoms with Crippen molar-refractivity contribution >= 4 is 17.3 Å². The summed E-state index contributed by atoms with van der Waals surface area (Å²) in [5.74, 6) is 0.686. The molecule has 2 unspecified atom stereocenters. The van der Waals surface area contributed by atoms with E-state index in [0.29, 0.717) is 24.4 Å². The van der Waals surface area contributed by atoms with Gasteiger partial charge in [-0.2, -0.15) is 0 Å². The van der Waals surface area contributed by atoms with Crippen molar-refractivity contribution in [2.75, 3.05) is 24.3 Å². The maximum Gasteiger partial charge on any atom is 0.224 e. The van der Waals surface area contributed by atoms with Gasteiger partial charge in [0.25, 0.3) is 0 Å². The van der Waals surface area contributed by atoms with Crippen LogP contribution in [0.5, 0.6) is 0 Å². The number of piperidine rings is 1. The first-order valence-corrected chi connectivity index (χ1v) is 7.94. The van der Waals surface area contributed by atoms with E-state index in [9.17, 15) is 4.79 Å². The number of carbonyl (C=O) groups excluding carboxylic acids is 1. The summed E-state index contributed by atoms with van der Waals surface area (Å²) < 4.78 is 0. The molecule has 1 aromatic rings. The van der Waals surface area contributed by atoms with E-state index in [1.807, 2.05) is 43.3 Å². The minimum absolute atomic E-state index is 0.149. The predicted molar refractivity (Wildman–Crippen MR) is 86.7 cm³/mol. The van der Waals surface area contributed by atoms with Gasteiger partial charge in [-0.1, -0.05) is 12.1 Å². The lowest BCUT2D eigenvalue weighted by atomic mass is 9.89. The van der Waals surface area contributed by atoms with Gasteiger partial charge in [0.15, 0.2) is 0 Å². The Balaban J connectivity index is 1.59. The number of hydrogen-bond acceptors (Lipinski definition) is 3. The fourth-order valence-electron chi connectivity index (χ4n) is 3.77. The fourth-order valence-corrected chi connectivity index (χ4v) is 3.77. The molecule has 2 aliphatic rings. The van der Waals surface area contributed by atoms with Crippen molar-refractivity contribution in [2.24, 2.45) is 5.92 Å². The van der Waals surface area contributed by atoms with Crippen molar-refractivity contribution in [3.8, 4) is 0 Å². The van der Waals surface area contributed by atoms with Crippen LogP contribution in [-0.4, -0.2) is 32.1 Å². The zero-order chi connectivity index (χ0) is 14.8. The Morgan fingerprint density at radius 2 is 1.90 bits per heavy atom. The molecule has 0 saturated carbocycles. The van der Waals surface area contributed by atoms with E-state index < -0.39 is 0 Å². The Morgan fingerprint density at radius 3 is 2.57 bits per heavy atom. The van der Waals surface area contributed by atoms with Crippen LogP contribution in [0.1, 0.15) is 32.1 Å². The van der Waals surface area contributed by atoms with Gasteiger partial charge in [0.2, 0.25) is 5.91 Å². The third kappa shape index (κ3) is 3.38. The highest BCUT2D eigenvalue weighted by Gasteiger charge is 2.34. The van der Waals surface area contributed by atoms with E-state index in [1.54, 1.807) is 0 Å². The molecule has 0 spiro atoms. The summed E-state index contributed by atoms with van der Waals surface area (Å²) >= 11 is 0. The van der Waals surface area contributed by atoms with E-state index in [2.05, 4.69) is 10.6 Å². The van der Waals surface area contributed by atoms with Crippen molar-refractivity contribution in [3.63, 3.8) is 0 Å². The molecule has 2 aliphatic heterocycles. The number of para-hydroxylation sites is 2. The second kappa shape index (κ2) is 6.06. The first-order valence-electron chi connectivity index (χ1n) is 7.94. The zero-order valence-corrected chi connectivity index (χ0v) is 12.9. The Hall–Kier alpha value is -1.55. The standard InChI is InChI=1S/C17H25N3O/c1-20(2)16-6-4-3-5-15(16)19-17(21)11-12-9-13-7-8-14(10-12)18-13/h3-6,12-14,18H,7-11H2,1-2H3,(H,19,21). The van der Waals surface area contributed by atoms with Crippen LogP contribution in [-0.2, 0) is 4.79 Å². The molecule has 2 fully saturated rings. The van der Waals surface area contributed by atoms with E-state index in [4.69, 9.17) is 0 Å². The summed E-state index contributed by atoms with van der Waals surface area (Å²) in [5, 5.41) is 6.72. The van der Waals surface area contributed by atoms with Gasteiger partial charge in [-0.3, -0.25) is 4.79 Å². The first-order chi connectivity index (χ1) is 10.1. The summed E-state index contributed by atoms with van der Waals surface area (Å²) in [6.45, 7) is 0. The van der Waals surface area contributed by atoms with Gasteiger partial charge >= 0.3 is 0 Å². The van der Waals surface area contributed by atoms with Gasteiger partial charge in [-0.05, 0) is 43.7 Å². The molecule has 0 radical (unpaired) electrons. The average Bonchev–Trinajstić information content (AvgIpc) is 2.78. The third-order valence-corrected chi connectivity index (χ3v) is 4.70. The lowest BCUT2D eigenvalue weighted by molar-refractivity contribution is -0.117.